The lowest BCUT2D eigenvalue weighted by molar-refractivity contribution is 0.0938. The molecular formula is C21H22N2O3. The second-order valence-electron chi connectivity index (χ2n) is 6.05. The number of nitrogens with zero attached hydrogens (tertiary/aromatic N) is 1. The van der Waals surface area contributed by atoms with Gasteiger partial charge in [0, 0.05) is 24.6 Å². The average molecular weight is 350 g/mol. The van der Waals surface area contributed by atoms with E-state index in [1.54, 1.807) is 14.2 Å². The standard InChI is InChI=1S/C21H22N2O3/c1-14-4-9-19-17(12-14)18(21(24)22-10-11-25-2)13-20(23-19)15-5-7-16(26-3)8-6-15/h4-9,12-13H,10-11H2,1-3H3,(H,22,24). The number of nitrogens with one attached hydrogen (secondary N) is 1. The minimum atomic E-state index is -0.130. The van der Waals surface area contributed by atoms with E-state index in [1.807, 2.05) is 55.5 Å². The topological polar surface area (TPSA) is 60.5 Å². The molecule has 0 radical (unpaired) electrons. The van der Waals surface area contributed by atoms with Crippen LogP contribution in [0.5, 0.6) is 5.75 Å². The van der Waals surface area contributed by atoms with Gasteiger partial charge in [-0.1, -0.05) is 11.6 Å². The van der Waals surface area contributed by atoms with Gasteiger partial charge in [-0.05, 0) is 49.4 Å². The quantitative estimate of drug-likeness (QED) is 0.690. The summed E-state index contributed by atoms with van der Waals surface area (Å²) in [6, 6.07) is 15.4. The third kappa shape index (κ3) is 3.83. The fraction of sp³-hybridized carbons (Fsp3) is 0.238. The number of methoxy groups -OCH3 is 2. The zero-order valence-corrected chi connectivity index (χ0v) is 15.2. The Labute approximate surface area is 153 Å². The number of carbonyl (C=O) groups excluding carboxylic acids is 1. The van der Waals surface area contributed by atoms with Crippen molar-refractivity contribution >= 4 is 16.8 Å². The molecule has 0 aliphatic heterocycles. The van der Waals surface area contributed by atoms with E-state index in [1.165, 1.54) is 0 Å². The average Bonchev–Trinajstić information content (AvgIpc) is 2.67. The SMILES string of the molecule is COCCNC(=O)c1cc(-c2ccc(OC)cc2)nc2ccc(C)cc12. The number of hydrogen-bond donors (Lipinski definition) is 1. The number of aromatic nitrogens is 1. The summed E-state index contributed by atoms with van der Waals surface area (Å²) in [7, 11) is 3.24. The van der Waals surface area contributed by atoms with Gasteiger partial charge in [-0.3, -0.25) is 4.79 Å². The summed E-state index contributed by atoms with van der Waals surface area (Å²) in [6.45, 7) is 2.94. The Bertz CT molecular complexity index is 920. The lowest BCUT2D eigenvalue weighted by Crippen LogP contribution is -2.27. The molecule has 134 valence electrons. The van der Waals surface area contributed by atoms with Crippen molar-refractivity contribution in [2.24, 2.45) is 0 Å². The van der Waals surface area contributed by atoms with Crippen LogP contribution in [0.4, 0.5) is 0 Å². The highest BCUT2D eigenvalue weighted by molar-refractivity contribution is 6.07. The summed E-state index contributed by atoms with van der Waals surface area (Å²) in [5.41, 5.74) is 4.17. The van der Waals surface area contributed by atoms with Gasteiger partial charge in [-0.2, -0.15) is 0 Å². The normalized spacial score (nSPS) is 10.7. The molecule has 0 saturated carbocycles. The van der Waals surface area contributed by atoms with Crippen LogP contribution < -0.4 is 10.1 Å². The number of aryl methyl sites for hydroxylation is 1. The first-order chi connectivity index (χ1) is 12.6. The van der Waals surface area contributed by atoms with E-state index in [4.69, 9.17) is 14.5 Å². The molecule has 1 amide bonds. The summed E-state index contributed by atoms with van der Waals surface area (Å²) in [4.78, 5) is 17.5. The summed E-state index contributed by atoms with van der Waals surface area (Å²) >= 11 is 0. The molecule has 3 aromatic rings. The van der Waals surface area contributed by atoms with Crippen molar-refractivity contribution in [2.75, 3.05) is 27.4 Å². The maximum atomic E-state index is 12.7. The Hall–Kier alpha value is -2.92. The molecule has 1 N–H and O–H groups in total. The minimum absolute atomic E-state index is 0.130. The van der Waals surface area contributed by atoms with Gasteiger partial charge in [0.1, 0.15) is 5.75 Å². The number of benzene rings is 2. The monoisotopic (exact) mass is 350 g/mol. The number of amides is 1. The first-order valence-corrected chi connectivity index (χ1v) is 8.45. The highest BCUT2D eigenvalue weighted by Crippen LogP contribution is 2.27. The Balaban J connectivity index is 2.07. The Morgan fingerprint density at radius 2 is 1.85 bits per heavy atom. The van der Waals surface area contributed by atoms with Gasteiger partial charge in [0.2, 0.25) is 0 Å². The van der Waals surface area contributed by atoms with Crippen molar-refractivity contribution in [2.45, 2.75) is 6.92 Å². The molecule has 0 bridgehead atoms. The molecule has 0 unspecified atom stereocenters. The second kappa shape index (κ2) is 7.97. The van der Waals surface area contributed by atoms with Gasteiger partial charge in [-0.25, -0.2) is 4.98 Å². The van der Waals surface area contributed by atoms with Crippen molar-refractivity contribution in [1.82, 2.24) is 10.3 Å². The van der Waals surface area contributed by atoms with Crippen molar-refractivity contribution in [3.63, 3.8) is 0 Å². The Kier molecular flexibility index (Phi) is 5.49. The van der Waals surface area contributed by atoms with Crippen LogP contribution in [0.3, 0.4) is 0 Å². The van der Waals surface area contributed by atoms with E-state index in [0.717, 1.165) is 33.5 Å². The molecule has 0 spiro atoms. The number of hydrogen-bond acceptors (Lipinski definition) is 4. The van der Waals surface area contributed by atoms with Crippen molar-refractivity contribution in [3.8, 4) is 17.0 Å². The Morgan fingerprint density at radius 1 is 1.08 bits per heavy atom. The molecule has 1 heterocycles. The number of pyridine rings is 1. The molecular weight excluding hydrogens is 328 g/mol. The number of carbonyl (C=O) groups is 1. The fourth-order valence-electron chi connectivity index (χ4n) is 2.80. The molecule has 5 nitrogen and oxygen atoms in total. The molecule has 1 aromatic heterocycles. The van der Waals surface area contributed by atoms with Crippen LogP contribution in [0.1, 0.15) is 15.9 Å². The largest absolute Gasteiger partial charge is 0.497 e. The molecule has 2 aromatic carbocycles. The third-order valence-electron chi connectivity index (χ3n) is 4.19. The summed E-state index contributed by atoms with van der Waals surface area (Å²) in [5.74, 6) is 0.650. The molecule has 0 aliphatic rings. The van der Waals surface area contributed by atoms with Gasteiger partial charge in [0.05, 0.1) is 30.5 Å². The summed E-state index contributed by atoms with van der Waals surface area (Å²) < 4.78 is 10.2. The Morgan fingerprint density at radius 3 is 2.54 bits per heavy atom. The maximum absolute atomic E-state index is 12.7. The number of rotatable bonds is 6. The highest BCUT2D eigenvalue weighted by Gasteiger charge is 2.14. The van der Waals surface area contributed by atoms with Gasteiger partial charge in [0.15, 0.2) is 0 Å². The van der Waals surface area contributed by atoms with Crippen molar-refractivity contribution in [3.05, 3.63) is 59.7 Å². The summed E-state index contributed by atoms with van der Waals surface area (Å²) in [6.07, 6.45) is 0. The predicted octanol–water partition coefficient (Wildman–Crippen LogP) is 3.60. The molecule has 0 fully saturated rings. The van der Waals surface area contributed by atoms with Crippen LogP contribution in [-0.2, 0) is 4.74 Å². The van der Waals surface area contributed by atoms with Crippen LogP contribution in [0, 0.1) is 6.92 Å². The van der Waals surface area contributed by atoms with Crippen LogP contribution in [0.15, 0.2) is 48.5 Å². The maximum Gasteiger partial charge on any atom is 0.252 e. The van der Waals surface area contributed by atoms with E-state index in [0.29, 0.717) is 18.7 Å². The number of fused-ring (bicyclic) bond motifs is 1. The minimum Gasteiger partial charge on any atom is -0.497 e. The van der Waals surface area contributed by atoms with E-state index in [2.05, 4.69) is 5.32 Å². The van der Waals surface area contributed by atoms with Crippen LogP contribution in [0.25, 0.3) is 22.2 Å². The summed E-state index contributed by atoms with van der Waals surface area (Å²) in [5, 5.41) is 3.74. The zero-order valence-electron chi connectivity index (χ0n) is 15.2. The smallest absolute Gasteiger partial charge is 0.252 e. The van der Waals surface area contributed by atoms with Gasteiger partial charge >= 0.3 is 0 Å². The van der Waals surface area contributed by atoms with Gasteiger partial charge < -0.3 is 14.8 Å². The van der Waals surface area contributed by atoms with Crippen molar-refractivity contribution < 1.29 is 14.3 Å². The molecule has 26 heavy (non-hydrogen) atoms. The zero-order chi connectivity index (χ0) is 18.5. The lowest BCUT2D eigenvalue weighted by atomic mass is 10.0. The van der Waals surface area contributed by atoms with Crippen molar-refractivity contribution in [1.29, 1.82) is 0 Å². The first kappa shape index (κ1) is 17.9. The van der Waals surface area contributed by atoms with E-state index < -0.39 is 0 Å². The lowest BCUT2D eigenvalue weighted by Gasteiger charge is -2.11. The van der Waals surface area contributed by atoms with E-state index >= 15 is 0 Å². The molecule has 3 rings (SSSR count). The van der Waals surface area contributed by atoms with Gasteiger partial charge in [-0.15, -0.1) is 0 Å². The molecule has 5 heteroatoms. The van der Waals surface area contributed by atoms with E-state index in [9.17, 15) is 4.79 Å². The van der Waals surface area contributed by atoms with Crippen LogP contribution in [0.2, 0.25) is 0 Å². The third-order valence-corrected chi connectivity index (χ3v) is 4.19. The fourth-order valence-corrected chi connectivity index (χ4v) is 2.80. The first-order valence-electron chi connectivity index (χ1n) is 8.45. The molecule has 0 aliphatic carbocycles. The predicted molar refractivity (Wildman–Crippen MR) is 103 cm³/mol. The molecule has 0 saturated heterocycles. The van der Waals surface area contributed by atoms with Gasteiger partial charge in [0.25, 0.3) is 5.91 Å². The number of ether oxygens (including phenoxy) is 2. The van der Waals surface area contributed by atoms with E-state index in [-0.39, 0.29) is 5.91 Å². The molecule has 0 atom stereocenters. The second-order valence-corrected chi connectivity index (χ2v) is 6.05. The van der Waals surface area contributed by atoms with Crippen LogP contribution in [-0.4, -0.2) is 38.3 Å². The van der Waals surface area contributed by atoms with Crippen LogP contribution >= 0.6 is 0 Å². The highest BCUT2D eigenvalue weighted by atomic mass is 16.5.